The monoisotopic (exact) mass is 402 g/mol. The number of H-pyrrole nitrogens is 1. The number of aromatic amines is 1. The van der Waals surface area contributed by atoms with Gasteiger partial charge in [0.15, 0.2) is 5.17 Å². The second-order valence-corrected chi connectivity index (χ2v) is 9.10. The van der Waals surface area contributed by atoms with Gasteiger partial charge in [0.2, 0.25) is 0 Å². The molecule has 27 heavy (non-hydrogen) atoms. The maximum Gasteiger partial charge on any atom is 0.260 e. The Morgan fingerprint density at radius 3 is 2.78 bits per heavy atom. The zero-order valence-corrected chi connectivity index (χ0v) is 16.6. The van der Waals surface area contributed by atoms with E-state index in [2.05, 4.69) is 34.1 Å². The van der Waals surface area contributed by atoms with Gasteiger partial charge in [0.05, 0.1) is 11.1 Å². The molecule has 0 radical (unpaired) electrons. The summed E-state index contributed by atoms with van der Waals surface area (Å²) in [5.74, 6) is 0.868. The Morgan fingerprint density at radius 2 is 2.07 bits per heavy atom. The number of benzene rings is 1. The highest BCUT2D eigenvalue weighted by atomic mass is 32.2. The quantitative estimate of drug-likeness (QED) is 0.695. The van der Waals surface area contributed by atoms with Crippen LogP contribution in [0, 0.1) is 11.2 Å². The topological polar surface area (TPSA) is 70.1 Å². The van der Waals surface area contributed by atoms with Crippen LogP contribution in [0.15, 0.2) is 39.4 Å². The minimum Gasteiger partial charge on any atom is -0.364 e. The molecule has 0 amide bonds. The highest BCUT2D eigenvalue weighted by Crippen LogP contribution is 2.31. The van der Waals surface area contributed by atoms with Crippen molar-refractivity contribution < 1.29 is 4.39 Å². The first-order chi connectivity index (χ1) is 12.9. The number of halogens is 1. The summed E-state index contributed by atoms with van der Waals surface area (Å²) < 4.78 is 13.2. The van der Waals surface area contributed by atoms with Crippen LogP contribution < -0.4 is 10.9 Å². The molecule has 0 unspecified atom stereocenters. The summed E-state index contributed by atoms with van der Waals surface area (Å²) in [5, 5.41) is 6.66. The van der Waals surface area contributed by atoms with Crippen molar-refractivity contribution in [2.24, 2.45) is 10.4 Å². The van der Waals surface area contributed by atoms with E-state index in [1.54, 1.807) is 23.9 Å². The number of thiophene rings is 1. The van der Waals surface area contributed by atoms with Gasteiger partial charge >= 0.3 is 0 Å². The van der Waals surface area contributed by atoms with Crippen LogP contribution in [0.4, 0.5) is 4.39 Å². The second-order valence-electron chi connectivity index (χ2n) is 7.28. The predicted molar refractivity (Wildman–Crippen MR) is 111 cm³/mol. The highest BCUT2D eigenvalue weighted by Gasteiger charge is 2.22. The molecule has 2 aromatic heterocycles. The van der Waals surface area contributed by atoms with Gasteiger partial charge in [-0.05, 0) is 17.7 Å². The molecule has 2 N–H and O–H groups in total. The van der Waals surface area contributed by atoms with E-state index in [-0.39, 0.29) is 16.8 Å². The molecule has 0 atom stereocenters. The normalized spacial score (nSPS) is 16.2. The van der Waals surface area contributed by atoms with E-state index < -0.39 is 0 Å². The molecule has 0 bridgehead atoms. The van der Waals surface area contributed by atoms with Crippen molar-refractivity contribution in [3.8, 4) is 11.1 Å². The maximum absolute atomic E-state index is 13.2. The lowest BCUT2D eigenvalue weighted by Crippen LogP contribution is -2.39. The largest absolute Gasteiger partial charge is 0.364 e. The summed E-state index contributed by atoms with van der Waals surface area (Å²) in [7, 11) is 0. The van der Waals surface area contributed by atoms with Crippen molar-refractivity contribution in [3.63, 3.8) is 0 Å². The van der Waals surface area contributed by atoms with Crippen LogP contribution in [0.25, 0.3) is 21.3 Å². The van der Waals surface area contributed by atoms with Gasteiger partial charge in [0, 0.05) is 29.4 Å². The Hall–Kier alpha value is -2.19. The Bertz CT molecular complexity index is 1070. The third-order valence-electron chi connectivity index (χ3n) is 4.36. The van der Waals surface area contributed by atoms with E-state index >= 15 is 0 Å². The van der Waals surface area contributed by atoms with Crippen molar-refractivity contribution >= 4 is 38.5 Å². The molecule has 5 nitrogen and oxygen atoms in total. The lowest BCUT2D eigenvalue weighted by Gasteiger charge is -2.28. The van der Waals surface area contributed by atoms with Gasteiger partial charge in [0.1, 0.15) is 16.5 Å². The number of fused-ring (bicyclic) bond motifs is 1. The maximum atomic E-state index is 13.2. The van der Waals surface area contributed by atoms with E-state index in [1.807, 2.05) is 5.38 Å². The fourth-order valence-electron chi connectivity index (χ4n) is 2.85. The number of hydrogen-bond donors (Lipinski definition) is 2. The van der Waals surface area contributed by atoms with Crippen LogP contribution in [0.2, 0.25) is 0 Å². The summed E-state index contributed by atoms with van der Waals surface area (Å²) >= 11 is 2.96. The number of hydrogen-bond acceptors (Lipinski definition) is 6. The number of nitrogens with one attached hydrogen (secondary N) is 2. The summed E-state index contributed by atoms with van der Waals surface area (Å²) in [6, 6.07) is 6.14. The van der Waals surface area contributed by atoms with Crippen molar-refractivity contribution in [2.45, 2.75) is 19.6 Å². The van der Waals surface area contributed by atoms with Crippen molar-refractivity contribution in [1.82, 2.24) is 15.3 Å². The number of nitrogens with zero attached hydrogens (tertiary/aromatic N) is 2. The molecule has 140 valence electrons. The van der Waals surface area contributed by atoms with E-state index in [9.17, 15) is 9.18 Å². The van der Waals surface area contributed by atoms with Crippen molar-refractivity contribution in [1.29, 1.82) is 0 Å². The molecule has 0 aliphatic carbocycles. The first-order valence-electron chi connectivity index (χ1n) is 8.59. The van der Waals surface area contributed by atoms with E-state index in [4.69, 9.17) is 0 Å². The van der Waals surface area contributed by atoms with Crippen molar-refractivity contribution in [2.75, 3.05) is 13.1 Å². The lowest BCUT2D eigenvalue weighted by molar-refractivity contribution is 0.364. The first-order valence-corrected chi connectivity index (χ1v) is 10.5. The van der Waals surface area contributed by atoms with Crippen LogP contribution in [0.3, 0.4) is 0 Å². The number of amidine groups is 1. The Labute approximate surface area is 164 Å². The van der Waals surface area contributed by atoms with Crippen LogP contribution in [-0.2, 0) is 5.75 Å². The Balaban J connectivity index is 1.57. The fraction of sp³-hybridized carbons (Fsp3) is 0.316. The summed E-state index contributed by atoms with van der Waals surface area (Å²) in [4.78, 5) is 25.4. The molecular formula is C19H19FN4OS2. The molecule has 0 fully saturated rings. The molecule has 3 aromatic rings. The molecule has 0 saturated carbocycles. The van der Waals surface area contributed by atoms with Gasteiger partial charge in [-0.1, -0.05) is 37.7 Å². The Morgan fingerprint density at radius 1 is 1.30 bits per heavy atom. The number of aliphatic imine (C=N–C) groups is 1. The lowest BCUT2D eigenvalue weighted by atomic mass is 9.93. The zero-order valence-electron chi connectivity index (χ0n) is 15.0. The summed E-state index contributed by atoms with van der Waals surface area (Å²) in [5.41, 5.74) is 1.59. The molecule has 0 spiro atoms. The van der Waals surface area contributed by atoms with Crippen molar-refractivity contribution in [3.05, 3.63) is 51.6 Å². The third kappa shape index (κ3) is 3.91. The van der Waals surface area contributed by atoms with Crippen LogP contribution in [0.5, 0.6) is 0 Å². The molecule has 0 saturated heterocycles. The third-order valence-corrected chi connectivity index (χ3v) is 6.20. The number of aromatic nitrogens is 2. The van der Waals surface area contributed by atoms with Crippen LogP contribution >= 0.6 is 23.1 Å². The molecule has 1 aliphatic heterocycles. The second kappa shape index (κ2) is 7.09. The molecule has 1 aromatic carbocycles. The van der Waals surface area contributed by atoms with E-state index in [0.717, 1.165) is 29.4 Å². The van der Waals surface area contributed by atoms with Gasteiger partial charge in [0.25, 0.3) is 5.56 Å². The first kappa shape index (κ1) is 18.2. The number of rotatable bonds is 3. The predicted octanol–water partition coefficient (Wildman–Crippen LogP) is 4.01. The van der Waals surface area contributed by atoms with Gasteiger partial charge < -0.3 is 10.3 Å². The summed E-state index contributed by atoms with van der Waals surface area (Å²) in [6.45, 7) is 6.02. The Kier molecular flexibility index (Phi) is 4.77. The highest BCUT2D eigenvalue weighted by molar-refractivity contribution is 8.13. The summed E-state index contributed by atoms with van der Waals surface area (Å²) in [6.07, 6.45) is 0. The van der Waals surface area contributed by atoms with E-state index in [1.165, 1.54) is 23.5 Å². The van der Waals surface area contributed by atoms with Gasteiger partial charge in [-0.25, -0.2) is 9.37 Å². The molecular weight excluding hydrogens is 383 g/mol. The number of thioether (sulfide) groups is 1. The smallest absolute Gasteiger partial charge is 0.260 e. The zero-order chi connectivity index (χ0) is 19.0. The van der Waals surface area contributed by atoms with Gasteiger partial charge in [-0.15, -0.1) is 11.3 Å². The molecule has 3 heterocycles. The molecule has 4 rings (SSSR count). The van der Waals surface area contributed by atoms with Crippen LogP contribution in [0.1, 0.15) is 19.7 Å². The molecule has 1 aliphatic rings. The molecule has 8 heteroatoms. The average Bonchev–Trinajstić information content (AvgIpc) is 3.06. The van der Waals surface area contributed by atoms with Crippen LogP contribution in [-0.4, -0.2) is 28.2 Å². The fourth-order valence-corrected chi connectivity index (χ4v) is 4.56. The minimum atomic E-state index is -0.299. The van der Waals surface area contributed by atoms with E-state index in [0.29, 0.717) is 21.8 Å². The minimum absolute atomic E-state index is 0.170. The van der Waals surface area contributed by atoms with Gasteiger partial charge in [-0.3, -0.25) is 9.79 Å². The standard InChI is InChI=1S/C19H19FN4OS2/c1-19(2)9-21-18(22-10-19)27-8-14-23-16(25)15-13(7-26-17(15)24-14)11-3-5-12(20)6-4-11/h3-7H,8-10H2,1-2H3,(H,21,22)(H,23,24,25). The average molecular weight is 403 g/mol. The van der Waals surface area contributed by atoms with Gasteiger partial charge in [-0.2, -0.15) is 0 Å². The SMILES string of the molecule is CC1(C)CN=C(SCc2nc3scc(-c4ccc(F)cc4)c3c(=O)[nH]2)NC1.